The molecule has 2 atom stereocenters. The third kappa shape index (κ3) is 5.26. The Kier molecular flexibility index (Phi) is 7.15. The highest BCUT2D eigenvalue weighted by Crippen LogP contribution is 2.26. The second kappa shape index (κ2) is 9.82. The van der Waals surface area contributed by atoms with Gasteiger partial charge in [0.1, 0.15) is 11.8 Å². The molecule has 2 amide bonds. The van der Waals surface area contributed by atoms with Crippen molar-refractivity contribution in [2.24, 2.45) is 5.73 Å². The van der Waals surface area contributed by atoms with Gasteiger partial charge < -0.3 is 26.2 Å². The fourth-order valence-corrected chi connectivity index (χ4v) is 4.21. The molecule has 1 heterocycles. The standard InChI is InChI=1S/C24H29N3O5/c1-14-9-18(28)10-15(2)19(14)12-20(25)24(32)27-13-17-6-4-3-5-16(17)11-21(27)23(31)26-8-7-22(29)30/h3-6,9-10,20-21,28H,7-8,11-13,25H2,1-2H3,(H,26,31)(H,29,30)/t20-,21-/m0/s1. The molecule has 0 spiro atoms. The van der Waals surface area contributed by atoms with E-state index in [1.165, 1.54) is 4.90 Å². The molecule has 0 fully saturated rings. The zero-order valence-electron chi connectivity index (χ0n) is 18.3. The van der Waals surface area contributed by atoms with E-state index in [-0.39, 0.29) is 37.6 Å². The number of aliphatic carboxylic acids is 1. The molecule has 1 aliphatic rings. The highest BCUT2D eigenvalue weighted by molar-refractivity contribution is 5.91. The third-order valence-corrected chi connectivity index (χ3v) is 5.89. The molecule has 5 N–H and O–H groups in total. The first-order valence-corrected chi connectivity index (χ1v) is 10.6. The van der Waals surface area contributed by atoms with Crippen molar-refractivity contribution in [3.63, 3.8) is 0 Å². The molecular formula is C24H29N3O5. The number of carboxylic acid groups (broad SMARTS) is 1. The Labute approximate surface area is 187 Å². The van der Waals surface area contributed by atoms with Gasteiger partial charge in [0.05, 0.1) is 12.5 Å². The van der Waals surface area contributed by atoms with E-state index in [1.54, 1.807) is 12.1 Å². The number of phenolic OH excluding ortho intramolecular Hbond substituents is 1. The maximum atomic E-state index is 13.4. The zero-order valence-corrected chi connectivity index (χ0v) is 18.3. The van der Waals surface area contributed by atoms with Crippen LogP contribution in [0.15, 0.2) is 36.4 Å². The molecule has 0 aliphatic carbocycles. The van der Waals surface area contributed by atoms with Crippen LogP contribution in [0.5, 0.6) is 5.75 Å². The summed E-state index contributed by atoms with van der Waals surface area (Å²) >= 11 is 0. The largest absolute Gasteiger partial charge is 0.508 e. The van der Waals surface area contributed by atoms with Gasteiger partial charge in [-0.2, -0.15) is 0 Å². The fourth-order valence-electron chi connectivity index (χ4n) is 4.21. The van der Waals surface area contributed by atoms with Gasteiger partial charge in [0.15, 0.2) is 0 Å². The molecule has 8 heteroatoms. The molecule has 0 radical (unpaired) electrons. The minimum Gasteiger partial charge on any atom is -0.508 e. The van der Waals surface area contributed by atoms with Crippen LogP contribution in [-0.2, 0) is 33.8 Å². The van der Waals surface area contributed by atoms with E-state index in [0.29, 0.717) is 6.42 Å². The maximum Gasteiger partial charge on any atom is 0.305 e. The number of nitrogens with zero attached hydrogens (tertiary/aromatic N) is 1. The molecule has 32 heavy (non-hydrogen) atoms. The number of carbonyl (C=O) groups is 3. The predicted octanol–water partition coefficient (Wildman–Crippen LogP) is 1.42. The molecule has 8 nitrogen and oxygen atoms in total. The molecule has 0 bridgehead atoms. The van der Waals surface area contributed by atoms with Gasteiger partial charge in [-0.1, -0.05) is 24.3 Å². The van der Waals surface area contributed by atoms with E-state index in [1.807, 2.05) is 38.1 Å². The van der Waals surface area contributed by atoms with Gasteiger partial charge in [-0.3, -0.25) is 14.4 Å². The van der Waals surface area contributed by atoms with Crippen LogP contribution in [0.3, 0.4) is 0 Å². The van der Waals surface area contributed by atoms with Crippen molar-refractivity contribution in [3.05, 3.63) is 64.2 Å². The van der Waals surface area contributed by atoms with E-state index in [4.69, 9.17) is 10.8 Å². The van der Waals surface area contributed by atoms with Gasteiger partial charge in [0, 0.05) is 19.5 Å². The Morgan fingerprint density at radius 1 is 1.16 bits per heavy atom. The van der Waals surface area contributed by atoms with Crippen molar-refractivity contribution in [3.8, 4) is 5.75 Å². The van der Waals surface area contributed by atoms with Crippen molar-refractivity contribution in [2.45, 2.75) is 51.7 Å². The van der Waals surface area contributed by atoms with E-state index in [2.05, 4.69) is 5.32 Å². The Morgan fingerprint density at radius 2 is 1.78 bits per heavy atom. The molecule has 0 saturated heterocycles. The van der Waals surface area contributed by atoms with E-state index < -0.39 is 24.0 Å². The Morgan fingerprint density at radius 3 is 2.41 bits per heavy atom. The molecule has 0 saturated carbocycles. The number of aryl methyl sites for hydroxylation is 2. The SMILES string of the molecule is Cc1cc(O)cc(C)c1C[C@H](N)C(=O)N1Cc2ccccc2C[C@H]1C(=O)NCCC(=O)O. The number of fused-ring (bicyclic) bond motifs is 1. The molecule has 1 aliphatic heterocycles. The van der Waals surface area contributed by atoms with Crippen LogP contribution < -0.4 is 11.1 Å². The minimum atomic E-state index is -1.01. The van der Waals surface area contributed by atoms with Gasteiger partial charge in [-0.15, -0.1) is 0 Å². The number of hydrogen-bond donors (Lipinski definition) is 4. The van der Waals surface area contributed by atoms with E-state index in [0.717, 1.165) is 27.8 Å². The molecule has 0 unspecified atom stereocenters. The average Bonchev–Trinajstić information content (AvgIpc) is 2.74. The number of amides is 2. The van der Waals surface area contributed by atoms with Crippen LogP contribution in [0.4, 0.5) is 0 Å². The number of hydrogen-bond acceptors (Lipinski definition) is 5. The smallest absolute Gasteiger partial charge is 0.305 e. The summed E-state index contributed by atoms with van der Waals surface area (Å²) in [6.45, 7) is 3.96. The summed E-state index contributed by atoms with van der Waals surface area (Å²) in [5.74, 6) is -1.58. The summed E-state index contributed by atoms with van der Waals surface area (Å²) in [6.07, 6.45) is 0.426. The van der Waals surface area contributed by atoms with Crippen LogP contribution in [0, 0.1) is 13.8 Å². The first-order chi connectivity index (χ1) is 15.2. The number of carbonyl (C=O) groups excluding carboxylic acids is 2. The number of rotatable bonds is 7. The topological polar surface area (TPSA) is 133 Å². The summed E-state index contributed by atoms with van der Waals surface area (Å²) in [5.41, 5.74) is 10.8. The summed E-state index contributed by atoms with van der Waals surface area (Å²) < 4.78 is 0. The summed E-state index contributed by atoms with van der Waals surface area (Å²) in [5, 5.41) is 21.2. The number of benzene rings is 2. The van der Waals surface area contributed by atoms with Crippen molar-refractivity contribution in [1.29, 1.82) is 0 Å². The number of carboxylic acids is 1. The van der Waals surface area contributed by atoms with Gasteiger partial charge in [-0.05, 0) is 60.2 Å². The highest BCUT2D eigenvalue weighted by atomic mass is 16.4. The second-order valence-corrected chi connectivity index (χ2v) is 8.26. The highest BCUT2D eigenvalue weighted by Gasteiger charge is 2.36. The lowest BCUT2D eigenvalue weighted by Gasteiger charge is -2.37. The lowest BCUT2D eigenvalue weighted by Crippen LogP contribution is -2.56. The molecule has 2 aromatic rings. The lowest BCUT2D eigenvalue weighted by atomic mass is 9.91. The second-order valence-electron chi connectivity index (χ2n) is 8.26. The van der Waals surface area contributed by atoms with Crippen LogP contribution >= 0.6 is 0 Å². The average molecular weight is 440 g/mol. The minimum absolute atomic E-state index is 0.00764. The van der Waals surface area contributed by atoms with Crippen molar-refractivity contribution < 1.29 is 24.6 Å². The Balaban J connectivity index is 1.82. The Hall–Kier alpha value is -3.39. The quantitative estimate of drug-likeness (QED) is 0.516. The summed E-state index contributed by atoms with van der Waals surface area (Å²) in [4.78, 5) is 38.5. The monoisotopic (exact) mass is 439 g/mol. The Bertz CT molecular complexity index is 1010. The van der Waals surface area contributed by atoms with Gasteiger partial charge in [0.2, 0.25) is 11.8 Å². The number of nitrogens with one attached hydrogen (secondary N) is 1. The first kappa shape index (κ1) is 23.3. The normalized spacial score (nSPS) is 16.2. The molecule has 2 aromatic carbocycles. The zero-order chi connectivity index (χ0) is 23.4. The summed E-state index contributed by atoms with van der Waals surface area (Å²) in [7, 11) is 0. The molecule has 170 valence electrons. The maximum absolute atomic E-state index is 13.4. The fraction of sp³-hybridized carbons (Fsp3) is 0.375. The van der Waals surface area contributed by atoms with E-state index >= 15 is 0 Å². The molecular weight excluding hydrogens is 410 g/mol. The molecule has 0 aromatic heterocycles. The summed E-state index contributed by atoms with van der Waals surface area (Å²) in [6, 6.07) is 9.27. The molecule has 3 rings (SSSR count). The first-order valence-electron chi connectivity index (χ1n) is 10.6. The van der Waals surface area contributed by atoms with Crippen LogP contribution in [0.25, 0.3) is 0 Å². The van der Waals surface area contributed by atoms with Crippen molar-refractivity contribution in [2.75, 3.05) is 6.54 Å². The van der Waals surface area contributed by atoms with Gasteiger partial charge in [0.25, 0.3) is 0 Å². The van der Waals surface area contributed by atoms with Crippen LogP contribution in [-0.4, -0.2) is 51.5 Å². The predicted molar refractivity (Wildman–Crippen MR) is 119 cm³/mol. The van der Waals surface area contributed by atoms with E-state index in [9.17, 15) is 19.5 Å². The van der Waals surface area contributed by atoms with Crippen LogP contribution in [0.1, 0.15) is 34.2 Å². The van der Waals surface area contributed by atoms with Gasteiger partial charge in [-0.25, -0.2) is 0 Å². The third-order valence-electron chi connectivity index (χ3n) is 5.89. The lowest BCUT2D eigenvalue weighted by molar-refractivity contribution is -0.143. The number of nitrogens with two attached hydrogens (primary N) is 1. The van der Waals surface area contributed by atoms with Gasteiger partial charge >= 0.3 is 5.97 Å². The van der Waals surface area contributed by atoms with Crippen molar-refractivity contribution in [1.82, 2.24) is 10.2 Å². The number of phenols is 1. The van der Waals surface area contributed by atoms with Crippen molar-refractivity contribution >= 4 is 17.8 Å². The number of aromatic hydroxyl groups is 1. The van der Waals surface area contributed by atoms with Crippen LogP contribution in [0.2, 0.25) is 0 Å².